The van der Waals surface area contributed by atoms with E-state index in [1.54, 1.807) is 18.2 Å². The normalized spacial score (nSPS) is 11.3. The maximum atomic E-state index is 10.5. The van der Waals surface area contributed by atoms with Gasteiger partial charge in [-0.25, -0.2) is 4.79 Å². The summed E-state index contributed by atoms with van der Waals surface area (Å²) in [4.78, 5) is 10.5. The Balaban J connectivity index is 2.62. The molecular weight excluding hydrogens is 295 g/mol. The molecule has 16 heavy (non-hydrogen) atoms. The van der Waals surface area contributed by atoms with E-state index in [9.17, 15) is 4.79 Å². The first-order chi connectivity index (χ1) is 7.50. The van der Waals surface area contributed by atoms with E-state index in [1.165, 1.54) is 13.0 Å². The van der Waals surface area contributed by atoms with Gasteiger partial charge < -0.3 is 9.84 Å². The number of hydrogen-bond acceptors (Lipinski definition) is 2. The minimum absolute atomic E-state index is 0.180. The van der Waals surface area contributed by atoms with E-state index in [1.807, 2.05) is 0 Å². The molecule has 0 unspecified atom stereocenters. The Hall–Kier alpha value is -1.00. The van der Waals surface area contributed by atoms with Crippen LogP contribution in [0.2, 0.25) is 5.02 Å². The van der Waals surface area contributed by atoms with Crippen molar-refractivity contribution in [2.75, 3.05) is 6.61 Å². The standard InChI is InChI=1S/C11H10BrClO3/c1-7(11(14)15)4-5-16-10-3-2-8(12)6-9(10)13/h2-4,6H,5H2,1H3,(H,14,15). The smallest absolute Gasteiger partial charge is 0.331 e. The van der Waals surface area contributed by atoms with Gasteiger partial charge in [-0.15, -0.1) is 0 Å². The molecule has 0 aliphatic heterocycles. The summed E-state index contributed by atoms with van der Waals surface area (Å²) in [6, 6.07) is 5.23. The van der Waals surface area contributed by atoms with E-state index in [2.05, 4.69) is 15.9 Å². The summed E-state index contributed by atoms with van der Waals surface area (Å²) in [5.41, 5.74) is 0.244. The summed E-state index contributed by atoms with van der Waals surface area (Å²) >= 11 is 9.19. The van der Waals surface area contributed by atoms with E-state index in [0.29, 0.717) is 10.8 Å². The first kappa shape index (κ1) is 13.1. The van der Waals surface area contributed by atoms with E-state index in [4.69, 9.17) is 21.4 Å². The number of carbonyl (C=O) groups is 1. The number of rotatable bonds is 4. The summed E-state index contributed by atoms with van der Waals surface area (Å²) in [6.07, 6.45) is 1.49. The number of benzene rings is 1. The Morgan fingerprint density at radius 1 is 1.62 bits per heavy atom. The topological polar surface area (TPSA) is 46.5 Å². The molecule has 0 aliphatic rings. The lowest BCUT2D eigenvalue weighted by molar-refractivity contribution is -0.132. The van der Waals surface area contributed by atoms with Crippen molar-refractivity contribution in [3.63, 3.8) is 0 Å². The maximum Gasteiger partial charge on any atom is 0.331 e. The van der Waals surface area contributed by atoms with E-state index in [0.717, 1.165) is 4.47 Å². The molecule has 1 aromatic rings. The van der Waals surface area contributed by atoms with Crippen LogP contribution in [0.3, 0.4) is 0 Å². The number of aliphatic carboxylic acids is 1. The largest absolute Gasteiger partial charge is 0.488 e. The van der Waals surface area contributed by atoms with Crippen LogP contribution in [0.25, 0.3) is 0 Å². The van der Waals surface area contributed by atoms with Crippen LogP contribution in [0.1, 0.15) is 6.92 Å². The molecule has 0 amide bonds. The summed E-state index contributed by atoms with van der Waals surface area (Å²) in [5.74, 6) is -0.426. The third-order valence-corrected chi connectivity index (χ3v) is 2.65. The van der Waals surface area contributed by atoms with Gasteiger partial charge in [0.2, 0.25) is 0 Å². The number of ether oxygens (including phenoxy) is 1. The van der Waals surface area contributed by atoms with Crippen LogP contribution in [0.4, 0.5) is 0 Å². The predicted molar refractivity (Wildman–Crippen MR) is 66.0 cm³/mol. The predicted octanol–water partition coefficient (Wildman–Crippen LogP) is 3.51. The third kappa shape index (κ3) is 3.87. The van der Waals surface area contributed by atoms with Crippen molar-refractivity contribution in [3.05, 3.63) is 39.3 Å². The molecule has 0 fully saturated rings. The fourth-order valence-electron chi connectivity index (χ4n) is 0.936. The van der Waals surface area contributed by atoms with Gasteiger partial charge in [-0.05, 0) is 31.2 Å². The third-order valence-electron chi connectivity index (χ3n) is 1.86. The van der Waals surface area contributed by atoms with Crippen molar-refractivity contribution in [2.24, 2.45) is 0 Å². The van der Waals surface area contributed by atoms with Gasteiger partial charge in [0.1, 0.15) is 12.4 Å². The SMILES string of the molecule is CC(=CCOc1ccc(Br)cc1Cl)C(=O)O. The molecule has 0 spiro atoms. The second kappa shape index (κ2) is 5.92. The molecule has 0 aliphatic carbocycles. The first-order valence-electron chi connectivity index (χ1n) is 4.48. The Kier molecular flexibility index (Phi) is 4.83. The first-order valence-corrected chi connectivity index (χ1v) is 5.65. The Bertz CT molecular complexity index is 429. The van der Waals surface area contributed by atoms with Crippen LogP contribution in [-0.4, -0.2) is 17.7 Å². The molecule has 1 rings (SSSR count). The number of halogens is 2. The molecule has 0 atom stereocenters. The van der Waals surface area contributed by atoms with Crippen LogP contribution in [0.5, 0.6) is 5.75 Å². The van der Waals surface area contributed by atoms with Crippen molar-refractivity contribution < 1.29 is 14.6 Å². The average molecular weight is 306 g/mol. The van der Waals surface area contributed by atoms with Gasteiger partial charge in [-0.2, -0.15) is 0 Å². The summed E-state index contributed by atoms with van der Waals surface area (Å²) < 4.78 is 6.18. The Morgan fingerprint density at radius 2 is 2.31 bits per heavy atom. The molecule has 5 heteroatoms. The van der Waals surface area contributed by atoms with Gasteiger partial charge in [0, 0.05) is 10.0 Å². The molecule has 0 aromatic heterocycles. The highest BCUT2D eigenvalue weighted by molar-refractivity contribution is 9.10. The van der Waals surface area contributed by atoms with Gasteiger partial charge in [0.15, 0.2) is 0 Å². The fraction of sp³-hybridized carbons (Fsp3) is 0.182. The average Bonchev–Trinajstić information content (AvgIpc) is 2.20. The van der Waals surface area contributed by atoms with E-state index < -0.39 is 5.97 Å². The van der Waals surface area contributed by atoms with Crippen molar-refractivity contribution in [2.45, 2.75) is 6.92 Å². The lowest BCUT2D eigenvalue weighted by Gasteiger charge is -2.05. The number of carboxylic acid groups (broad SMARTS) is 1. The zero-order valence-corrected chi connectivity index (χ0v) is 10.9. The maximum absolute atomic E-state index is 10.5. The van der Waals surface area contributed by atoms with Gasteiger partial charge >= 0.3 is 5.97 Å². The molecule has 0 heterocycles. The zero-order valence-electron chi connectivity index (χ0n) is 8.54. The van der Waals surface area contributed by atoms with Crippen molar-refractivity contribution in [3.8, 4) is 5.75 Å². The Labute approximate surface area is 107 Å². The van der Waals surface area contributed by atoms with Gasteiger partial charge in [-0.1, -0.05) is 27.5 Å². The van der Waals surface area contributed by atoms with Crippen LogP contribution >= 0.6 is 27.5 Å². The van der Waals surface area contributed by atoms with Gasteiger partial charge in [0.05, 0.1) is 5.02 Å². The summed E-state index contributed by atoms with van der Waals surface area (Å²) in [7, 11) is 0. The molecule has 0 saturated carbocycles. The molecule has 0 radical (unpaired) electrons. The second-order valence-electron chi connectivity index (χ2n) is 3.08. The quantitative estimate of drug-likeness (QED) is 0.866. The van der Waals surface area contributed by atoms with E-state index in [-0.39, 0.29) is 12.2 Å². The fourth-order valence-corrected chi connectivity index (χ4v) is 1.66. The summed E-state index contributed by atoms with van der Waals surface area (Å²) in [5, 5.41) is 9.10. The zero-order chi connectivity index (χ0) is 12.1. The molecule has 86 valence electrons. The molecule has 1 aromatic carbocycles. The molecular formula is C11H10BrClO3. The number of hydrogen-bond donors (Lipinski definition) is 1. The van der Waals surface area contributed by atoms with Gasteiger partial charge in [0.25, 0.3) is 0 Å². The van der Waals surface area contributed by atoms with E-state index >= 15 is 0 Å². The molecule has 0 bridgehead atoms. The van der Waals surface area contributed by atoms with Gasteiger partial charge in [-0.3, -0.25) is 0 Å². The van der Waals surface area contributed by atoms with Crippen LogP contribution in [-0.2, 0) is 4.79 Å². The highest BCUT2D eigenvalue weighted by atomic mass is 79.9. The van der Waals surface area contributed by atoms with Crippen molar-refractivity contribution >= 4 is 33.5 Å². The minimum Gasteiger partial charge on any atom is -0.488 e. The van der Waals surface area contributed by atoms with Crippen LogP contribution < -0.4 is 4.74 Å². The van der Waals surface area contributed by atoms with Crippen molar-refractivity contribution in [1.29, 1.82) is 0 Å². The lowest BCUT2D eigenvalue weighted by Crippen LogP contribution is -2.00. The highest BCUT2D eigenvalue weighted by Crippen LogP contribution is 2.27. The van der Waals surface area contributed by atoms with Crippen LogP contribution in [0.15, 0.2) is 34.3 Å². The summed E-state index contributed by atoms with van der Waals surface area (Å²) in [6.45, 7) is 1.69. The molecule has 1 N–H and O–H groups in total. The Morgan fingerprint density at radius 3 is 2.88 bits per heavy atom. The monoisotopic (exact) mass is 304 g/mol. The van der Waals surface area contributed by atoms with Crippen LogP contribution in [0, 0.1) is 0 Å². The second-order valence-corrected chi connectivity index (χ2v) is 4.40. The lowest BCUT2D eigenvalue weighted by atomic mass is 10.3. The highest BCUT2D eigenvalue weighted by Gasteiger charge is 2.02. The molecule has 3 nitrogen and oxygen atoms in total. The number of carboxylic acids is 1. The minimum atomic E-state index is -0.953. The van der Waals surface area contributed by atoms with Crippen molar-refractivity contribution in [1.82, 2.24) is 0 Å². The molecule has 0 saturated heterocycles.